The highest BCUT2D eigenvalue weighted by atomic mass is 19.4. The van der Waals surface area contributed by atoms with Crippen molar-refractivity contribution in [3.63, 3.8) is 0 Å². The number of fused-ring (bicyclic) bond motifs is 1. The Hall–Kier alpha value is -2.29. The number of aliphatic hydroxyl groups is 1. The molecule has 2 unspecified atom stereocenters. The van der Waals surface area contributed by atoms with Gasteiger partial charge in [0.1, 0.15) is 5.60 Å². The van der Waals surface area contributed by atoms with Crippen molar-refractivity contribution in [3.05, 3.63) is 48.0 Å². The number of hydrogen-bond donors (Lipinski definition) is 1. The quantitative estimate of drug-likeness (QED) is 0.343. The van der Waals surface area contributed by atoms with Gasteiger partial charge in [0.25, 0.3) is 5.60 Å². The van der Waals surface area contributed by atoms with E-state index in [0.29, 0.717) is 10.8 Å². The third-order valence-electron chi connectivity index (χ3n) is 7.21. The Bertz CT molecular complexity index is 1080. The summed E-state index contributed by atoms with van der Waals surface area (Å²) in [6.45, 7) is 8.78. The molecule has 3 rings (SSSR count). The molecule has 0 spiro atoms. The van der Waals surface area contributed by atoms with Crippen molar-refractivity contribution in [1.82, 2.24) is 0 Å². The molecule has 1 aliphatic heterocycles. The molecule has 0 amide bonds. The molecular weight excluding hydrogens is 474 g/mol. The number of hydrogen-bond acceptors (Lipinski definition) is 3. The lowest BCUT2D eigenvalue weighted by Gasteiger charge is -2.42. The fourth-order valence-electron chi connectivity index (χ4n) is 5.21. The lowest BCUT2D eigenvalue weighted by molar-refractivity contribution is -0.378. The fraction of sp³-hybridized carbons (Fsp3) is 0.577. The van der Waals surface area contributed by atoms with Crippen molar-refractivity contribution >= 4 is 16.7 Å². The summed E-state index contributed by atoms with van der Waals surface area (Å²) in [7, 11) is 0. The van der Waals surface area contributed by atoms with Gasteiger partial charge in [0.2, 0.25) is 0 Å². The maximum atomic E-state index is 13.8. The van der Waals surface area contributed by atoms with Gasteiger partial charge in [-0.2, -0.15) is 26.3 Å². The minimum Gasteiger partial charge on any atom is -0.454 e. The number of halogens is 6. The Labute approximate surface area is 200 Å². The maximum absolute atomic E-state index is 13.8. The second-order valence-electron chi connectivity index (χ2n) is 11.1. The summed E-state index contributed by atoms with van der Waals surface area (Å²) in [5.41, 5.74) is -9.68. The summed E-state index contributed by atoms with van der Waals surface area (Å²) in [5, 5.41) is 11.5. The fourth-order valence-corrected chi connectivity index (χ4v) is 5.21. The third-order valence-corrected chi connectivity index (χ3v) is 7.21. The molecule has 1 saturated heterocycles. The Morgan fingerprint density at radius 1 is 0.943 bits per heavy atom. The monoisotopic (exact) mass is 504 g/mol. The van der Waals surface area contributed by atoms with Crippen molar-refractivity contribution in [2.24, 2.45) is 16.7 Å². The van der Waals surface area contributed by atoms with Crippen molar-refractivity contribution in [1.29, 1.82) is 0 Å². The molecule has 3 nitrogen and oxygen atoms in total. The molecule has 35 heavy (non-hydrogen) atoms. The van der Waals surface area contributed by atoms with Crippen LogP contribution in [0.3, 0.4) is 0 Å². The van der Waals surface area contributed by atoms with Crippen LogP contribution in [0.15, 0.2) is 42.5 Å². The molecule has 2 aromatic carbocycles. The van der Waals surface area contributed by atoms with Gasteiger partial charge < -0.3 is 9.84 Å². The lowest BCUT2D eigenvalue weighted by atomic mass is 9.58. The molecule has 1 N–H and O–H groups in total. The summed E-state index contributed by atoms with van der Waals surface area (Å²) in [6, 6.07) is 11.2. The third kappa shape index (κ3) is 4.52. The Morgan fingerprint density at radius 3 is 1.97 bits per heavy atom. The first-order valence-electron chi connectivity index (χ1n) is 11.4. The van der Waals surface area contributed by atoms with Gasteiger partial charge in [0.15, 0.2) is 0 Å². The average molecular weight is 505 g/mol. The van der Waals surface area contributed by atoms with Gasteiger partial charge in [-0.3, -0.25) is 4.79 Å². The van der Waals surface area contributed by atoms with Crippen LogP contribution in [0.4, 0.5) is 26.3 Å². The molecule has 0 saturated carbocycles. The van der Waals surface area contributed by atoms with Gasteiger partial charge in [-0.15, -0.1) is 0 Å². The van der Waals surface area contributed by atoms with Crippen LogP contribution in [0.2, 0.25) is 0 Å². The van der Waals surface area contributed by atoms with Gasteiger partial charge >= 0.3 is 18.3 Å². The number of carbonyl (C=O) groups is 1. The predicted molar refractivity (Wildman–Crippen MR) is 119 cm³/mol. The molecule has 194 valence electrons. The standard InChI is InChI=1S/C26H30F6O3/c1-16(2)13-22(21(3,4)5)14-23(35-20(22)33,15-24(34,25(27,28)29)26(30,31)32)19-11-10-17-8-6-7-9-18(17)12-19/h6-12,16,34H,13-15H2,1-5H3. The van der Waals surface area contributed by atoms with Crippen LogP contribution < -0.4 is 0 Å². The van der Waals surface area contributed by atoms with Crippen LogP contribution in [0.1, 0.15) is 59.4 Å². The van der Waals surface area contributed by atoms with Crippen molar-refractivity contribution in [2.45, 2.75) is 77.4 Å². The van der Waals surface area contributed by atoms with Crippen molar-refractivity contribution in [2.75, 3.05) is 0 Å². The Kier molecular flexibility index (Phi) is 6.54. The zero-order chi connectivity index (χ0) is 26.7. The Balaban J connectivity index is 2.30. The summed E-state index contributed by atoms with van der Waals surface area (Å²) in [6.07, 6.45) is -14.2. The van der Waals surface area contributed by atoms with E-state index in [1.54, 1.807) is 51.1 Å². The molecule has 2 aromatic rings. The molecule has 0 aromatic heterocycles. The van der Waals surface area contributed by atoms with Crippen LogP contribution in [0.5, 0.6) is 0 Å². The molecule has 1 fully saturated rings. The molecule has 0 aliphatic carbocycles. The zero-order valence-electron chi connectivity index (χ0n) is 20.3. The van der Waals surface area contributed by atoms with E-state index in [1.807, 2.05) is 13.8 Å². The number of benzene rings is 2. The minimum absolute atomic E-state index is 0.0219. The van der Waals surface area contributed by atoms with Crippen LogP contribution >= 0.6 is 0 Å². The first-order chi connectivity index (χ1) is 15.8. The molecule has 1 heterocycles. The van der Waals surface area contributed by atoms with E-state index < -0.39 is 53.2 Å². The van der Waals surface area contributed by atoms with Gasteiger partial charge in [-0.1, -0.05) is 71.0 Å². The number of carbonyl (C=O) groups excluding carboxylic acids is 1. The largest absolute Gasteiger partial charge is 0.454 e. The van der Waals surface area contributed by atoms with E-state index in [9.17, 15) is 36.2 Å². The van der Waals surface area contributed by atoms with Crippen LogP contribution in [-0.2, 0) is 15.1 Å². The van der Waals surface area contributed by atoms with E-state index in [1.165, 1.54) is 12.1 Å². The van der Waals surface area contributed by atoms with E-state index in [0.717, 1.165) is 0 Å². The van der Waals surface area contributed by atoms with Crippen LogP contribution in [0, 0.1) is 16.7 Å². The number of esters is 1. The lowest BCUT2D eigenvalue weighted by Crippen LogP contribution is -2.60. The molecule has 9 heteroatoms. The SMILES string of the molecule is CC(C)CC1(C(C)(C)C)CC(CC(O)(C(F)(F)F)C(F)(F)F)(c2ccc3ccccc3c2)OC1=O. The van der Waals surface area contributed by atoms with E-state index >= 15 is 0 Å². The van der Waals surface area contributed by atoms with Crippen molar-refractivity contribution in [3.8, 4) is 0 Å². The Morgan fingerprint density at radius 2 is 1.49 bits per heavy atom. The average Bonchev–Trinajstić information content (AvgIpc) is 2.98. The number of cyclic esters (lactones) is 1. The summed E-state index contributed by atoms with van der Waals surface area (Å²) in [5.74, 6) is -0.961. The smallest absolute Gasteiger partial charge is 0.426 e. The zero-order valence-corrected chi connectivity index (χ0v) is 20.3. The first kappa shape index (κ1) is 27.3. The maximum Gasteiger partial charge on any atom is 0.426 e. The minimum atomic E-state index is -6.05. The number of ether oxygens (including phenoxy) is 1. The summed E-state index contributed by atoms with van der Waals surface area (Å²) in [4.78, 5) is 13.4. The van der Waals surface area contributed by atoms with E-state index in [4.69, 9.17) is 4.74 Å². The van der Waals surface area contributed by atoms with Crippen LogP contribution in [-0.4, -0.2) is 29.0 Å². The van der Waals surface area contributed by atoms with Gasteiger partial charge in [-0.25, -0.2) is 0 Å². The second kappa shape index (κ2) is 8.39. The van der Waals surface area contributed by atoms with Crippen LogP contribution in [0.25, 0.3) is 10.8 Å². The molecule has 0 bridgehead atoms. The normalized spacial score (nSPS) is 24.3. The highest BCUT2D eigenvalue weighted by Crippen LogP contribution is 2.62. The van der Waals surface area contributed by atoms with E-state index in [-0.39, 0.29) is 17.9 Å². The highest BCUT2D eigenvalue weighted by Gasteiger charge is 2.75. The molecule has 1 aliphatic rings. The van der Waals surface area contributed by atoms with Gasteiger partial charge in [0.05, 0.1) is 5.41 Å². The molecule has 0 radical (unpaired) electrons. The number of alkyl halides is 6. The van der Waals surface area contributed by atoms with Gasteiger partial charge in [-0.05, 0) is 40.2 Å². The topological polar surface area (TPSA) is 46.5 Å². The second-order valence-corrected chi connectivity index (χ2v) is 11.1. The first-order valence-corrected chi connectivity index (χ1v) is 11.4. The van der Waals surface area contributed by atoms with E-state index in [2.05, 4.69) is 0 Å². The highest BCUT2D eigenvalue weighted by molar-refractivity contribution is 5.85. The van der Waals surface area contributed by atoms with Gasteiger partial charge in [0, 0.05) is 12.8 Å². The molecular formula is C26H30F6O3. The molecule has 2 atom stereocenters. The number of rotatable bonds is 5. The predicted octanol–water partition coefficient (Wildman–Crippen LogP) is 7.31. The summed E-state index contributed by atoms with van der Waals surface area (Å²) >= 11 is 0. The summed E-state index contributed by atoms with van der Waals surface area (Å²) < 4.78 is 88.5. The van der Waals surface area contributed by atoms with Crippen molar-refractivity contribution < 1.29 is 41.0 Å².